The second-order valence-corrected chi connectivity index (χ2v) is 6.54. The first-order chi connectivity index (χ1) is 11.2. The van der Waals surface area contributed by atoms with Crippen LogP contribution in [-0.2, 0) is 0 Å². The molecule has 0 aliphatic carbocycles. The minimum atomic E-state index is 0.0610. The van der Waals surface area contributed by atoms with Gasteiger partial charge in [-0.2, -0.15) is 0 Å². The minimum absolute atomic E-state index is 0.0610. The molecular weight excluding hydrogens is 302 g/mol. The summed E-state index contributed by atoms with van der Waals surface area (Å²) >= 11 is 1.64. The number of hydrogen-bond donors (Lipinski definition) is 1. The van der Waals surface area contributed by atoms with Crippen molar-refractivity contribution in [2.45, 2.75) is 6.92 Å². The van der Waals surface area contributed by atoms with Gasteiger partial charge in [0.15, 0.2) is 5.78 Å². The summed E-state index contributed by atoms with van der Waals surface area (Å²) in [5.74, 6) is 0.0610. The molecule has 2 aromatic heterocycles. The molecule has 0 amide bonds. The Morgan fingerprint density at radius 3 is 2.48 bits per heavy atom. The lowest BCUT2D eigenvalue weighted by Gasteiger charge is -2.04. The Kier molecular flexibility index (Phi) is 3.36. The van der Waals surface area contributed by atoms with E-state index in [-0.39, 0.29) is 5.78 Å². The number of carbonyl (C=O) groups is 1. The fraction of sp³-hybridized carbons (Fsp3) is 0.0500. The summed E-state index contributed by atoms with van der Waals surface area (Å²) in [7, 11) is 0. The monoisotopic (exact) mass is 317 g/mol. The zero-order valence-corrected chi connectivity index (χ0v) is 13.5. The average Bonchev–Trinajstić information content (AvgIpc) is 3.22. The molecule has 0 radical (unpaired) electrons. The lowest BCUT2D eigenvalue weighted by atomic mass is 9.99. The molecule has 1 N–H and O–H groups in total. The average molecular weight is 317 g/mol. The highest BCUT2D eigenvalue weighted by Crippen LogP contribution is 2.34. The van der Waals surface area contributed by atoms with Crippen LogP contribution >= 0.6 is 11.3 Å². The number of para-hydroxylation sites is 1. The Balaban J connectivity index is 1.96. The van der Waals surface area contributed by atoms with Gasteiger partial charge in [0.1, 0.15) is 0 Å². The van der Waals surface area contributed by atoms with Gasteiger partial charge >= 0.3 is 0 Å². The van der Waals surface area contributed by atoms with Crippen LogP contribution in [0.25, 0.3) is 21.5 Å². The number of carbonyl (C=O) groups excluding carboxylic acids is 1. The molecule has 0 bridgehead atoms. The molecule has 0 aliphatic rings. The number of hydrogen-bond acceptors (Lipinski definition) is 2. The van der Waals surface area contributed by atoms with Gasteiger partial charge in [-0.3, -0.25) is 4.79 Å². The van der Waals surface area contributed by atoms with Crippen molar-refractivity contribution >= 4 is 28.0 Å². The van der Waals surface area contributed by atoms with Gasteiger partial charge in [0.05, 0.1) is 16.1 Å². The van der Waals surface area contributed by atoms with Crippen molar-refractivity contribution in [1.29, 1.82) is 0 Å². The Morgan fingerprint density at radius 1 is 0.957 bits per heavy atom. The van der Waals surface area contributed by atoms with Crippen LogP contribution in [0.5, 0.6) is 0 Å². The summed E-state index contributed by atoms with van der Waals surface area (Å²) < 4.78 is 0. The van der Waals surface area contributed by atoms with E-state index in [1.807, 2.05) is 73.0 Å². The first-order valence-corrected chi connectivity index (χ1v) is 8.38. The van der Waals surface area contributed by atoms with Crippen LogP contribution in [0, 0.1) is 6.92 Å². The number of aryl methyl sites for hydroxylation is 1. The third kappa shape index (κ3) is 2.39. The predicted molar refractivity (Wildman–Crippen MR) is 96.2 cm³/mol. The molecule has 2 heterocycles. The Bertz CT molecular complexity index is 978. The molecule has 2 aromatic carbocycles. The number of aromatic amines is 1. The maximum atomic E-state index is 13.1. The van der Waals surface area contributed by atoms with Gasteiger partial charge in [-0.1, -0.05) is 54.1 Å². The normalized spacial score (nSPS) is 11.0. The highest BCUT2D eigenvalue weighted by atomic mass is 32.1. The molecule has 0 saturated heterocycles. The van der Waals surface area contributed by atoms with Crippen LogP contribution in [-0.4, -0.2) is 10.8 Å². The second kappa shape index (κ2) is 5.52. The smallest absolute Gasteiger partial charge is 0.195 e. The van der Waals surface area contributed by atoms with Gasteiger partial charge in [0.25, 0.3) is 0 Å². The topological polar surface area (TPSA) is 32.9 Å². The van der Waals surface area contributed by atoms with E-state index >= 15 is 0 Å². The van der Waals surface area contributed by atoms with Gasteiger partial charge in [-0.25, -0.2) is 0 Å². The Hall–Kier alpha value is -2.65. The number of aromatic nitrogens is 1. The van der Waals surface area contributed by atoms with Gasteiger partial charge in [-0.15, -0.1) is 11.3 Å². The maximum Gasteiger partial charge on any atom is 0.195 e. The van der Waals surface area contributed by atoms with Crippen LogP contribution in [0.3, 0.4) is 0 Å². The molecule has 0 spiro atoms. The second-order valence-electron chi connectivity index (χ2n) is 5.59. The van der Waals surface area contributed by atoms with Crippen molar-refractivity contribution < 1.29 is 4.79 Å². The fourth-order valence-electron chi connectivity index (χ4n) is 2.83. The summed E-state index contributed by atoms with van der Waals surface area (Å²) in [6.07, 6.45) is 0. The standard InChI is InChI=1S/C20H15NOS/c1-13-8-10-14(11-9-13)20(22)18-15-5-2-3-6-16(15)21-19(18)17-7-4-12-23-17/h2-12,21H,1H3. The Labute approximate surface area is 138 Å². The molecule has 0 aliphatic heterocycles. The third-order valence-electron chi connectivity index (χ3n) is 4.01. The zero-order valence-electron chi connectivity index (χ0n) is 12.7. The molecule has 4 rings (SSSR count). The summed E-state index contributed by atoms with van der Waals surface area (Å²) in [6.45, 7) is 2.02. The molecule has 2 nitrogen and oxygen atoms in total. The van der Waals surface area contributed by atoms with E-state index in [4.69, 9.17) is 0 Å². The van der Waals surface area contributed by atoms with Crippen LogP contribution < -0.4 is 0 Å². The number of thiophene rings is 1. The first kappa shape index (κ1) is 14.0. The molecule has 23 heavy (non-hydrogen) atoms. The number of benzene rings is 2. The highest BCUT2D eigenvalue weighted by molar-refractivity contribution is 7.13. The molecule has 0 atom stereocenters. The van der Waals surface area contributed by atoms with E-state index in [9.17, 15) is 4.79 Å². The lowest BCUT2D eigenvalue weighted by Crippen LogP contribution is -2.02. The van der Waals surface area contributed by atoms with E-state index in [0.717, 1.165) is 38.2 Å². The van der Waals surface area contributed by atoms with Crippen molar-refractivity contribution in [2.75, 3.05) is 0 Å². The maximum absolute atomic E-state index is 13.1. The molecule has 0 saturated carbocycles. The quantitative estimate of drug-likeness (QED) is 0.502. The van der Waals surface area contributed by atoms with Gasteiger partial charge in [0, 0.05) is 16.5 Å². The van der Waals surface area contributed by atoms with Crippen molar-refractivity contribution in [3.63, 3.8) is 0 Å². The van der Waals surface area contributed by atoms with Crippen molar-refractivity contribution in [2.24, 2.45) is 0 Å². The first-order valence-electron chi connectivity index (χ1n) is 7.50. The molecular formula is C20H15NOS. The van der Waals surface area contributed by atoms with E-state index in [1.54, 1.807) is 11.3 Å². The van der Waals surface area contributed by atoms with E-state index in [2.05, 4.69) is 4.98 Å². The van der Waals surface area contributed by atoms with Crippen molar-refractivity contribution in [1.82, 2.24) is 4.98 Å². The number of ketones is 1. The van der Waals surface area contributed by atoms with Crippen LogP contribution in [0.4, 0.5) is 0 Å². The highest BCUT2D eigenvalue weighted by Gasteiger charge is 2.21. The molecule has 0 fully saturated rings. The van der Waals surface area contributed by atoms with E-state index < -0.39 is 0 Å². The molecule has 0 unspecified atom stereocenters. The Morgan fingerprint density at radius 2 is 1.74 bits per heavy atom. The van der Waals surface area contributed by atoms with Crippen LogP contribution in [0.2, 0.25) is 0 Å². The summed E-state index contributed by atoms with van der Waals surface area (Å²) in [6, 6.07) is 19.8. The summed E-state index contributed by atoms with van der Waals surface area (Å²) in [5.41, 5.74) is 4.53. The SMILES string of the molecule is Cc1ccc(C(=O)c2c(-c3cccs3)[nH]c3ccccc23)cc1. The van der Waals surface area contributed by atoms with Crippen LogP contribution in [0.1, 0.15) is 21.5 Å². The lowest BCUT2D eigenvalue weighted by molar-refractivity contribution is 0.104. The summed E-state index contributed by atoms with van der Waals surface area (Å²) in [4.78, 5) is 17.6. The third-order valence-corrected chi connectivity index (χ3v) is 4.90. The van der Waals surface area contributed by atoms with Crippen molar-refractivity contribution in [3.05, 3.63) is 82.7 Å². The van der Waals surface area contributed by atoms with Gasteiger partial charge < -0.3 is 4.98 Å². The zero-order chi connectivity index (χ0) is 15.8. The molecule has 3 heteroatoms. The van der Waals surface area contributed by atoms with Gasteiger partial charge in [-0.05, 0) is 24.4 Å². The number of nitrogens with one attached hydrogen (secondary N) is 1. The number of rotatable bonds is 3. The number of H-pyrrole nitrogens is 1. The van der Waals surface area contributed by atoms with E-state index in [0.29, 0.717) is 0 Å². The largest absolute Gasteiger partial charge is 0.353 e. The van der Waals surface area contributed by atoms with Crippen molar-refractivity contribution in [3.8, 4) is 10.6 Å². The fourth-order valence-corrected chi connectivity index (χ4v) is 3.56. The minimum Gasteiger partial charge on any atom is -0.353 e. The van der Waals surface area contributed by atoms with Gasteiger partial charge in [0.2, 0.25) is 0 Å². The summed E-state index contributed by atoms with van der Waals surface area (Å²) in [5, 5.41) is 3.00. The molecule has 112 valence electrons. The predicted octanol–water partition coefficient (Wildman–Crippen LogP) is 5.44. The number of fused-ring (bicyclic) bond motifs is 1. The molecule has 4 aromatic rings. The van der Waals surface area contributed by atoms with Crippen LogP contribution in [0.15, 0.2) is 66.0 Å². The van der Waals surface area contributed by atoms with E-state index in [1.165, 1.54) is 0 Å².